The molecule has 4 amide bonds. The molecule has 0 aromatic heterocycles. The molecule has 0 atom stereocenters. The summed E-state index contributed by atoms with van der Waals surface area (Å²) in [6.45, 7) is 1.46. The van der Waals surface area contributed by atoms with Crippen LogP contribution in [0.25, 0.3) is 6.08 Å². The summed E-state index contributed by atoms with van der Waals surface area (Å²) in [7, 11) is 0. The number of imide groups is 1. The standard InChI is InChI=1S/C21H18FN3O4S/c1-13(26)24-17-4-2-3-15(12-17)19(27)23-9-10-25-20(28)18(30-21(25)29)11-14-5-7-16(22)8-6-14/h2-8,11-12H,9-10H2,1H3,(H,23,27)(H,24,26)/b18-11-. The second kappa shape index (κ2) is 9.36. The van der Waals surface area contributed by atoms with E-state index in [4.69, 9.17) is 0 Å². The topological polar surface area (TPSA) is 95.6 Å². The van der Waals surface area contributed by atoms with Crippen molar-refractivity contribution in [3.05, 3.63) is 70.4 Å². The predicted octanol–water partition coefficient (Wildman–Crippen LogP) is 3.25. The number of rotatable bonds is 6. The number of carbonyl (C=O) groups excluding carboxylic acids is 4. The number of amides is 4. The maximum atomic E-state index is 13.0. The molecule has 2 aromatic rings. The van der Waals surface area contributed by atoms with E-state index in [2.05, 4.69) is 10.6 Å². The van der Waals surface area contributed by atoms with Gasteiger partial charge in [0.2, 0.25) is 5.91 Å². The smallest absolute Gasteiger partial charge is 0.293 e. The second-order valence-electron chi connectivity index (χ2n) is 6.40. The summed E-state index contributed by atoms with van der Waals surface area (Å²) in [5, 5.41) is 4.81. The lowest BCUT2D eigenvalue weighted by molar-refractivity contribution is -0.122. The Hall–Kier alpha value is -3.46. The average Bonchev–Trinajstić information content (AvgIpc) is 2.96. The highest BCUT2D eigenvalue weighted by molar-refractivity contribution is 8.18. The van der Waals surface area contributed by atoms with E-state index < -0.39 is 22.9 Å². The molecule has 1 aliphatic heterocycles. The molecule has 1 aliphatic rings. The third kappa shape index (κ3) is 5.32. The van der Waals surface area contributed by atoms with Crippen LogP contribution >= 0.6 is 11.8 Å². The molecule has 154 valence electrons. The number of anilines is 1. The van der Waals surface area contributed by atoms with Crippen molar-refractivity contribution in [2.75, 3.05) is 18.4 Å². The van der Waals surface area contributed by atoms with Gasteiger partial charge in [0.25, 0.3) is 17.1 Å². The molecule has 2 N–H and O–H groups in total. The quantitative estimate of drug-likeness (QED) is 0.690. The first-order valence-corrected chi connectivity index (χ1v) is 9.82. The molecular formula is C21H18FN3O4S. The Morgan fingerprint density at radius 3 is 2.57 bits per heavy atom. The molecule has 0 unspecified atom stereocenters. The van der Waals surface area contributed by atoms with E-state index in [9.17, 15) is 23.6 Å². The number of benzene rings is 2. The van der Waals surface area contributed by atoms with Gasteiger partial charge in [0.05, 0.1) is 4.91 Å². The van der Waals surface area contributed by atoms with E-state index >= 15 is 0 Å². The molecule has 7 nitrogen and oxygen atoms in total. The molecule has 0 saturated carbocycles. The number of halogens is 1. The highest BCUT2D eigenvalue weighted by Crippen LogP contribution is 2.31. The molecule has 0 bridgehead atoms. The zero-order chi connectivity index (χ0) is 21.7. The predicted molar refractivity (Wildman–Crippen MR) is 112 cm³/mol. The molecule has 1 heterocycles. The largest absolute Gasteiger partial charge is 0.350 e. The van der Waals surface area contributed by atoms with Crippen LogP contribution in [0.3, 0.4) is 0 Å². The van der Waals surface area contributed by atoms with Gasteiger partial charge < -0.3 is 10.6 Å². The molecule has 30 heavy (non-hydrogen) atoms. The molecule has 1 fully saturated rings. The lowest BCUT2D eigenvalue weighted by atomic mass is 10.2. The van der Waals surface area contributed by atoms with Gasteiger partial charge in [-0.15, -0.1) is 0 Å². The van der Waals surface area contributed by atoms with Gasteiger partial charge in [0.15, 0.2) is 0 Å². The van der Waals surface area contributed by atoms with E-state index in [1.54, 1.807) is 18.2 Å². The highest BCUT2D eigenvalue weighted by atomic mass is 32.2. The molecule has 2 aromatic carbocycles. The first-order valence-electron chi connectivity index (χ1n) is 9.00. The van der Waals surface area contributed by atoms with E-state index in [-0.39, 0.29) is 23.9 Å². The van der Waals surface area contributed by atoms with Crippen molar-refractivity contribution in [1.29, 1.82) is 0 Å². The van der Waals surface area contributed by atoms with Crippen LogP contribution in [0.15, 0.2) is 53.4 Å². The number of carbonyl (C=O) groups is 4. The van der Waals surface area contributed by atoms with Gasteiger partial charge in [-0.25, -0.2) is 4.39 Å². The van der Waals surface area contributed by atoms with Gasteiger partial charge in [-0.2, -0.15) is 0 Å². The Bertz CT molecular complexity index is 1040. The Kier molecular flexibility index (Phi) is 6.63. The summed E-state index contributed by atoms with van der Waals surface area (Å²) in [6, 6.07) is 12.0. The minimum absolute atomic E-state index is 0.0164. The third-order valence-electron chi connectivity index (χ3n) is 4.11. The van der Waals surface area contributed by atoms with Gasteiger partial charge >= 0.3 is 0 Å². The zero-order valence-electron chi connectivity index (χ0n) is 16.0. The fourth-order valence-electron chi connectivity index (χ4n) is 2.73. The number of nitrogens with one attached hydrogen (secondary N) is 2. The fraction of sp³-hybridized carbons (Fsp3) is 0.143. The van der Waals surface area contributed by atoms with Crippen LogP contribution in [0.5, 0.6) is 0 Å². The molecule has 3 rings (SSSR count). The van der Waals surface area contributed by atoms with Crippen LogP contribution in [0, 0.1) is 5.82 Å². The lowest BCUT2D eigenvalue weighted by Gasteiger charge is -2.13. The first-order chi connectivity index (χ1) is 14.3. The van der Waals surface area contributed by atoms with Crippen molar-refractivity contribution in [3.8, 4) is 0 Å². The van der Waals surface area contributed by atoms with Gasteiger partial charge in [0, 0.05) is 31.3 Å². The van der Waals surface area contributed by atoms with Crippen molar-refractivity contribution in [2.45, 2.75) is 6.92 Å². The molecule has 1 saturated heterocycles. The van der Waals surface area contributed by atoms with Crippen LogP contribution in [0.2, 0.25) is 0 Å². The fourth-order valence-corrected chi connectivity index (χ4v) is 3.59. The van der Waals surface area contributed by atoms with E-state index in [0.29, 0.717) is 16.8 Å². The van der Waals surface area contributed by atoms with E-state index in [1.165, 1.54) is 43.3 Å². The number of hydrogen-bond acceptors (Lipinski definition) is 5. The summed E-state index contributed by atoms with van der Waals surface area (Å²) in [4.78, 5) is 49.3. The zero-order valence-corrected chi connectivity index (χ0v) is 16.8. The highest BCUT2D eigenvalue weighted by Gasteiger charge is 2.34. The monoisotopic (exact) mass is 427 g/mol. The number of nitrogens with zero attached hydrogens (tertiary/aromatic N) is 1. The number of hydrogen-bond donors (Lipinski definition) is 2. The Morgan fingerprint density at radius 1 is 1.13 bits per heavy atom. The maximum absolute atomic E-state index is 13.0. The van der Waals surface area contributed by atoms with Gasteiger partial charge in [-0.05, 0) is 53.7 Å². The molecular weight excluding hydrogens is 409 g/mol. The van der Waals surface area contributed by atoms with Crippen molar-refractivity contribution >= 4 is 46.5 Å². The lowest BCUT2D eigenvalue weighted by Crippen LogP contribution is -2.37. The van der Waals surface area contributed by atoms with Crippen LogP contribution in [0.4, 0.5) is 14.9 Å². The van der Waals surface area contributed by atoms with Crippen molar-refractivity contribution in [3.63, 3.8) is 0 Å². The van der Waals surface area contributed by atoms with E-state index in [1.807, 2.05) is 0 Å². The van der Waals surface area contributed by atoms with E-state index in [0.717, 1.165) is 16.7 Å². The summed E-state index contributed by atoms with van der Waals surface area (Å²) >= 11 is 0.796. The SMILES string of the molecule is CC(=O)Nc1cccc(C(=O)NCCN2C(=O)S/C(=C\c3ccc(F)cc3)C2=O)c1. The van der Waals surface area contributed by atoms with Crippen molar-refractivity contribution in [2.24, 2.45) is 0 Å². The van der Waals surface area contributed by atoms with Crippen molar-refractivity contribution in [1.82, 2.24) is 10.2 Å². The van der Waals surface area contributed by atoms with Gasteiger partial charge in [-0.1, -0.05) is 18.2 Å². The Labute approximate surface area is 176 Å². The normalized spacial score (nSPS) is 14.9. The minimum Gasteiger partial charge on any atom is -0.350 e. The van der Waals surface area contributed by atoms with Gasteiger partial charge in [0.1, 0.15) is 5.82 Å². The molecule has 9 heteroatoms. The first kappa shape index (κ1) is 21.3. The summed E-state index contributed by atoms with van der Waals surface area (Å²) in [5.41, 5.74) is 1.44. The summed E-state index contributed by atoms with van der Waals surface area (Å²) < 4.78 is 13.0. The average molecular weight is 427 g/mol. The number of thioether (sulfide) groups is 1. The van der Waals surface area contributed by atoms with Crippen LogP contribution in [-0.2, 0) is 9.59 Å². The molecule has 0 spiro atoms. The molecule has 0 aliphatic carbocycles. The van der Waals surface area contributed by atoms with Crippen LogP contribution < -0.4 is 10.6 Å². The minimum atomic E-state index is -0.462. The van der Waals surface area contributed by atoms with Crippen LogP contribution in [-0.4, -0.2) is 41.0 Å². The van der Waals surface area contributed by atoms with Crippen LogP contribution in [0.1, 0.15) is 22.8 Å². The molecule has 0 radical (unpaired) electrons. The second-order valence-corrected chi connectivity index (χ2v) is 7.40. The summed E-state index contributed by atoms with van der Waals surface area (Å²) in [6.07, 6.45) is 1.52. The Balaban J connectivity index is 1.57. The van der Waals surface area contributed by atoms with Gasteiger partial charge in [-0.3, -0.25) is 24.1 Å². The Morgan fingerprint density at radius 2 is 1.87 bits per heavy atom. The van der Waals surface area contributed by atoms with Crippen molar-refractivity contribution < 1.29 is 23.6 Å². The maximum Gasteiger partial charge on any atom is 0.293 e. The third-order valence-corrected chi connectivity index (χ3v) is 5.01. The summed E-state index contributed by atoms with van der Waals surface area (Å²) in [5.74, 6) is -1.49.